The smallest absolute Gasteiger partial charge is 0.224 e. The number of rotatable bonds is 5. The van der Waals surface area contributed by atoms with Crippen molar-refractivity contribution in [3.63, 3.8) is 0 Å². The molecule has 3 heterocycles. The Morgan fingerprint density at radius 3 is 3.04 bits per heavy atom. The minimum absolute atomic E-state index is 0.194. The number of pyridine rings is 1. The first-order valence-electron chi connectivity index (χ1n) is 10.1. The van der Waals surface area contributed by atoms with Gasteiger partial charge in [0.05, 0.1) is 16.9 Å². The van der Waals surface area contributed by atoms with Crippen LogP contribution in [0, 0.1) is 0 Å². The highest BCUT2D eigenvalue weighted by Gasteiger charge is 2.27. The average Bonchev–Trinajstić information content (AvgIpc) is 3.19. The molecule has 1 amide bonds. The predicted octanol–water partition coefficient (Wildman–Crippen LogP) is 3.37. The molecule has 1 aromatic carbocycles. The first kappa shape index (κ1) is 18.5. The number of hydrogen-bond acceptors (Lipinski definition) is 4. The first-order chi connectivity index (χ1) is 13.7. The van der Waals surface area contributed by atoms with Crippen LogP contribution in [0.5, 0.6) is 0 Å². The maximum atomic E-state index is 12.8. The summed E-state index contributed by atoms with van der Waals surface area (Å²) in [7, 11) is 0. The largest absolute Gasteiger partial charge is 0.397 e. The minimum atomic E-state index is 0.194. The Hall–Kier alpha value is -2.89. The number of aryl methyl sites for hydroxylation is 2. The van der Waals surface area contributed by atoms with Crippen molar-refractivity contribution in [2.75, 3.05) is 18.8 Å². The van der Waals surface area contributed by atoms with Crippen LogP contribution in [-0.4, -0.2) is 38.4 Å². The summed E-state index contributed by atoms with van der Waals surface area (Å²) >= 11 is 0. The Morgan fingerprint density at radius 2 is 2.18 bits per heavy atom. The van der Waals surface area contributed by atoms with E-state index in [1.165, 1.54) is 0 Å². The van der Waals surface area contributed by atoms with Gasteiger partial charge in [-0.15, -0.1) is 0 Å². The molecule has 146 valence electrons. The van der Waals surface area contributed by atoms with Gasteiger partial charge >= 0.3 is 0 Å². The van der Waals surface area contributed by atoms with Crippen LogP contribution in [0.1, 0.15) is 43.6 Å². The van der Waals surface area contributed by atoms with Gasteiger partial charge in [0.2, 0.25) is 5.91 Å². The summed E-state index contributed by atoms with van der Waals surface area (Å²) in [5.41, 5.74) is 8.93. The topological polar surface area (TPSA) is 77.0 Å². The van der Waals surface area contributed by atoms with E-state index in [0.29, 0.717) is 19.5 Å². The van der Waals surface area contributed by atoms with Crippen molar-refractivity contribution in [2.24, 2.45) is 0 Å². The van der Waals surface area contributed by atoms with Gasteiger partial charge in [-0.3, -0.25) is 9.78 Å². The number of piperidine rings is 1. The minimum Gasteiger partial charge on any atom is -0.397 e. The molecule has 2 aromatic heterocycles. The zero-order chi connectivity index (χ0) is 19.5. The number of benzene rings is 1. The van der Waals surface area contributed by atoms with E-state index in [9.17, 15) is 4.79 Å². The summed E-state index contributed by atoms with van der Waals surface area (Å²) in [6.45, 7) is 4.27. The van der Waals surface area contributed by atoms with Crippen LogP contribution < -0.4 is 5.73 Å². The van der Waals surface area contributed by atoms with Crippen molar-refractivity contribution in [1.82, 2.24) is 19.4 Å². The number of carbonyl (C=O) groups is 1. The molecule has 4 rings (SSSR count). The van der Waals surface area contributed by atoms with Gasteiger partial charge in [-0.2, -0.15) is 0 Å². The van der Waals surface area contributed by atoms with Gasteiger partial charge < -0.3 is 15.2 Å². The van der Waals surface area contributed by atoms with Crippen LogP contribution >= 0.6 is 0 Å². The van der Waals surface area contributed by atoms with Gasteiger partial charge in [0.25, 0.3) is 0 Å². The maximum absolute atomic E-state index is 12.8. The number of nitrogens with two attached hydrogens (primary N) is 1. The number of fused-ring (bicyclic) bond motifs is 1. The summed E-state index contributed by atoms with van der Waals surface area (Å²) in [5, 5.41) is 1.06. The molecule has 0 radical (unpaired) electrons. The number of anilines is 1. The maximum Gasteiger partial charge on any atom is 0.224 e. The standard InChI is InChI=1S/C22H27N5O/c1-2-20-24-10-13-26(20)12-9-21(28)27-11-5-7-17(15-27)22-18(23)14-16-6-3-4-8-19(16)25-22/h3-4,6,8,10,13-14,17H,2,5,7,9,11-12,15,23H2,1H3/t17-/m0/s1. The predicted molar refractivity (Wildman–Crippen MR) is 111 cm³/mol. The van der Waals surface area contributed by atoms with Crippen LogP contribution in [0.2, 0.25) is 0 Å². The van der Waals surface area contributed by atoms with Crippen molar-refractivity contribution in [3.05, 3.63) is 54.2 Å². The monoisotopic (exact) mass is 377 g/mol. The first-order valence-corrected chi connectivity index (χ1v) is 10.1. The van der Waals surface area contributed by atoms with E-state index >= 15 is 0 Å². The zero-order valence-corrected chi connectivity index (χ0v) is 16.3. The van der Waals surface area contributed by atoms with E-state index in [-0.39, 0.29) is 11.8 Å². The number of hydrogen-bond donors (Lipinski definition) is 1. The fourth-order valence-corrected chi connectivity index (χ4v) is 4.13. The van der Waals surface area contributed by atoms with E-state index < -0.39 is 0 Å². The third-order valence-electron chi connectivity index (χ3n) is 5.63. The quantitative estimate of drug-likeness (QED) is 0.739. The molecular formula is C22H27N5O. The fraction of sp³-hybridized carbons (Fsp3) is 0.409. The number of para-hydroxylation sites is 1. The Kier molecular flexibility index (Phi) is 5.28. The van der Waals surface area contributed by atoms with Crippen LogP contribution in [-0.2, 0) is 17.8 Å². The molecule has 28 heavy (non-hydrogen) atoms. The highest BCUT2D eigenvalue weighted by Crippen LogP contribution is 2.31. The lowest BCUT2D eigenvalue weighted by atomic mass is 9.92. The molecule has 2 N–H and O–H groups in total. The van der Waals surface area contributed by atoms with Gasteiger partial charge in [-0.1, -0.05) is 25.1 Å². The summed E-state index contributed by atoms with van der Waals surface area (Å²) in [4.78, 5) is 23.9. The SMILES string of the molecule is CCc1nccn1CCC(=O)N1CCC[C@H](c2nc3ccccc3cc2N)C1. The molecule has 0 bridgehead atoms. The van der Waals surface area contributed by atoms with E-state index in [1.807, 2.05) is 41.4 Å². The van der Waals surface area contributed by atoms with Crippen molar-refractivity contribution >= 4 is 22.5 Å². The number of nitrogen functional groups attached to an aromatic ring is 1. The van der Waals surface area contributed by atoms with Crippen molar-refractivity contribution in [2.45, 2.75) is 45.1 Å². The van der Waals surface area contributed by atoms with E-state index in [2.05, 4.69) is 16.5 Å². The number of nitrogens with zero attached hydrogens (tertiary/aromatic N) is 4. The second-order valence-electron chi connectivity index (χ2n) is 7.47. The lowest BCUT2D eigenvalue weighted by Crippen LogP contribution is -2.39. The molecule has 1 aliphatic heterocycles. The highest BCUT2D eigenvalue weighted by atomic mass is 16.2. The van der Waals surface area contributed by atoms with Crippen LogP contribution in [0.15, 0.2) is 42.7 Å². The molecule has 1 fully saturated rings. The lowest BCUT2D eigenvalue weighted by Gasteiger charge is -2.33. The number of aromatic nitrogens is 3. The van der Waals surface area contributed by atoms with Crippen molar-refractivity contribution < 1.29 is 4.79 Å². The van der Waals surface area contributed by atoms with Crippen molar-refractivity contribution in [1.29, 1.82) is 0 Å². The molecule has 0 spiro atoms. The van der Waals surface area contributed by atoms with Gasteiger partial charge in [0, 0.05) is 56.2 Å². The van der Waals surface area contributed by atoms with Crippen LogP contribution in [0.25, 0.3) is 10.9 Å². The molecule has 0 aliphatic carbocycles. The number of amides is 1. The number of carbonyl (C=O) groups excluding carboxylic acids is 1. The highest BCUT2D eigenvalue weighted by molar-refractivity contribution is 5.82. The molecular weight excluding hydrogens is 350 g/mol. The Labute approximate surface area is 165 Å². The van der Waals surface area contributed by atoms with Gasteiger partial charge in [-0.05, 0) is 25.0 Å². The van der Waals surface area contributed by atoms with E-state index in [0.717, 1.165) is 53.9 Å². The Morgan fingerprint density at radius 1 is 1.32 bits per heavy atom. The molecule has 1 aliphatic rings. The molecule has 6 heteroatoms. The summed E-state index contributed by atoms with van der Waals surface area (Å²) in [6, 6.07) is 10.0. The molecule has 0 unspecified atom stereocenters. The third-order valence-corrected chi connectivity index (χ3v) is 5.63. The Bertz CT molecular complexity index is 980. The molecule has 6 nitrogen and oxygen atoms in total. The van der Waals surface area contributed by atoms with Crippen LogP contribution in [0.3, 0.4) is 0 Å². The summed E-state index contributed by atoms with van der Waals surface area (Å²) in [5.74, 6) is 1.42. The zero-order valence-electron chi connectivity index (χ0n) is 16.3. The molecule has 0 saturated carbocycles. The van der Waals surface area contributed by atoms with E-state index in [1.54, 1.807) is 6.20 Å². The van der Waals surface area contributed by atoms with Gasteiger partial charge in [0.1, 0.15) is 5.82 Å². The Balaban J connectivity index is 1.45. The number of imidazole rings is 1. The second-order valence-corrected chi connectivity index (χ2v) is 7.47. The normalized spacial score (nSPS) is 17.2. The molecule has 1 saturated heterocycles. The van der Waals surface area contributed by atoms with Crippen molar-refractivity contribution in [3.8, 4) is 0 Å². The average molecular weight is 377 g/mol. The molecule has 3 aromatic rings. The van der Waals surface area contributed by atoms with E-state index in [4.69, 9.17) is 10.7 Å². The van der Waals surface area contributed by atoms with Crippen LogP contribution in [0.4, 0.5) is 5.69 Å². The molecule has 1 atom stereocenters. The number of likely N-dealkylation sites (tertiary alicyclic amines) is 1. The summed E-state index contributed by atoms with van der Waals surface area (Å²) in [6.07, 6.45) is 7.12. The van der Waals surface area contributed by atoms with Gasteiger partial charge in [0.15, 0.2) is 0 Å². The third kappa shape index (κ3) is 3.72. The lowest BCUT2D eigenvalue weighted by molar-refractivity contribution is -0.132. The fourth-order valence-electron chi connectivity index (χ4n) is 4.13. The van der Waals surface area contributed by atoms with Gasteiger partial charge in [-0.25, -0.2) is 4.98 Å². The second kappa shape index (κ2) is 8.00. The summed E-state index contributed by atoms with van der Waals surface area (Å²) < 4.78 is 2.07.